The maximum atomic E-state index is 12.7. The van der Waals surface area contributed by atoms with E-state index in [-0.39, 0.29) is 22.6 Å². The smallest absolute Gasteiger partial charge is 0.266 e. The molecule has 166 valence electrons. The van der Waals surface area contributed by atoms with E-state index in [1.165, 1.54) is 5.56 Å². The summed E-state index contributed by atoms with van der Waals surface area (Å²) in [6, 6.07) is 27.0. The summed E-state index contributed by atoms with van der Waals surface area (Å²) in [4.78, 5) is 31.0. The Bertz CT molecular complexity index is 1410. The fraction of sp³-hybridized carbons (Fsp3) is 0.0357. The molecule has 4 aromatic carbocycles. The number of amides is 2. The Balaban J connectivity index is 1.38. The normalized spacial score (nSPS) is 13.0. The van der Waals surface area contributed by atoms with Crippen molar-refractivity contribution in [3.05, 3.63) is 124 Å². The summed E-state index contributed by atoms with van der Waals surface area (Å²) >= 11 is 6.43. The summed E-state index contributed by atoms with van der Waals surface area (Å²) in [6.07, 6.45) is 2.28. The molecule has 1 N–H and O–H groups in total. The van der Waals surface area contributed by atoms with E-state index in [9.17, 15) is 14.7 Å². The van der Waals surface area contributed by atoms with Crippen molar-refractivity contribution in [1.82, 2.24) is 0 Å². The van der Waals surface area contributed by atoms with Gasteiger partial charge in [-0.25, -0.2) is 4.90 Å². The van der Waals surface area contributed by atoms with E-state index in [0.717, 1.165) is 16.9 Å². The number of carbonyl (C=O) groups excluding carboxylic acids is 2. The van der Waals surface area contributed by atoms with Gasteiger partial charge in [0.05, 0.1) is 27.5 Å². The summed E-state index contributed by atoms with van der Waals surface area (Å²) in [5.74, 6) is -0.652. The molecule has 6 heteroatoms. The molecule has 34 heavy (non-hydrogen) atoms. The van der Waals surface area contributed by atoms with E-state index in [4.69, 9.17) is 11.6 Å². The molecule has 1 heterocycles. The lowest BCUT2D eigenvalue weighted by molar-refractivity contribution is 0.0926. The van der Waals surface area contributed by atoms with Crippen molar-refractivity contribution in [2.45, 2.75) is 6.42 Å². The Labute approximate surface area is 201 Å². The largest absolute Gasteiger partial charge is 0.507 e. The number of phenolic OH excluding ortho intramolecular Hbond substituents is 1. The lowest BCUT2D eigenvalue weighted by atomic mass is 10.0. The molecule has 0 bridgehead atoms. The Morgan fingerprint density at radius 1 is 0.794 bits per heavy atom. The maximum absolute atomic E-state index is 12.7. The molecular formula is C28H19ClN2O3. The number of fused-ring (bicyclic) bond motifs is 1. The molecule has 0 unspecified atom stereocenters. The van der Waals surface area contributed by atoms with Crippen LogP contribution in [0.1, 0.15) is 37.4 Å². The van der Waals surface area contributed by atoms with Gasteiger partial charge in [-0.05, 0) is 60.0 Å². The number of aliphatic imine (C=N–C) groups is 1. The highest BCUT2D eigenvalue weighted by Gasteiger charge is 2.36. The molecule has 4 aromatic rings. The zero-order valence-electron chi connectivity index (χ0n) is 18.0. The van der Waals surface area contributed by atoms with Crippen LogP contribution in [-0.2, 0) is 6.42 Å². The predicted molar refractivity (Wildman–Crippen MR) is 134 cm³/mol. The quantitative estimate of drug-likeness (QED) is 0.281. The zero-order chi connectivity index (χ0) is 23.7. The highest BCUT2D eigenvalue weighted by molar-refractivity contribution is 6.36. The summed E-state index contributed by atoms with van der Waals surface area (Å²) in [7, 11) is 0. The van der Waals surface area contributed by atoms with Crippen molar-refractivity contribution in [2.24, 2.45) is 4.99 Å². The van der Waals surface area contributed by atoms with Crippen LogP contribution in [0.25, 0.3) is 0 Å². The molecule has 1 aliphatic heterocycles. The third-order valence-corrected chi connectivity index (χ3v) is 5.97. The minimum atomic E-state index is -0.381. The van der Waals surface area contributed by atoms with Crippen LogP contribution in [0.4, 0.5) is 11.4 Å². The second-order valence-corrected chi connectivity index (χ2v) is 8.35. The van der Waals surface area contributed by atoms with Gasteiger partial charge in [0.15, 0.2) is 0 Å². The van der Waals surface area contributed by atoms with Crippen molar-refractivity contribution >= 4 is 41.0 Å². The molecule has 1 aliphatic rings. The number of benzene rings is 4. The minimum absolute atomic E-state index is 0.110. The van der Waals surface area contributed by atoms with Crippen molar-refractivity contribution in [2.75, 3.05) is 4.90 Å². The topological polar surface area (TPSA) is 70.0 Å². The molecule has 0 aliphatic carbocycles. The first-order valence-electron chi connectivity index (χ1n) is 10.7. The van der Waals surface area contributed by atoms with E-state index >= 15 is 0 Å². The number of anilines is 1. The van der Waals surface area contributed by atoms with E-state index in [0.29, 0.717) is 28.1 Å². The number of carbonyl (C=O) groups is 2. The predicted octanol–water partition coefficient (Wildman–Crippen LogP) is 6.19. The van der Waals surface area contributed by atoms with Crippen LogP contribution in [0, 0.1) is 0 Å². The molecule has 5 nitrogen and oxygen atoms in total. The average Bonchev–Trinajstić information content (AvgIpc) is 3.11. The summed E-state index contributed by atoms with van der Waals surface area (Å²) in [5.41, 5.74) is 4.35. The van der Waals surface area contributed by atoms with Crippen molar-refractivity contribution in [3.8, 4) is 5.75 Å². The van der Waals surface area contributed by atoms with Gasteiger partial charge in [0.25, 0.3) is 11.8 Å². The standard InChI is InChI=1S/C28H19ClN2O3/c29-24-16-21(31-27(33)22-8-4-5-9-23(22)28(31)34)11-12-25(24)30-17-20-15-19(10-13-26(20)32)14-18-6-2-1-3-7-18/h1-13,15-17,32H,14H2. The van der Waals surface area contributed by atoms with Gasteiger partial charge in [-0.2, -0.15) is 0 Å². The van der Waals surface area contributed by atoms with Gasteiger partial charge in [-0.1, -0.05) is 60.1 Å². The Kier molecular flexibility index (Phi) is 5.70. The number of halogens is 1. The Morgan fingerprint density at radius 3 is 2.15 bits per heavy atom. The molecule has 0 atom stereocenters. The molecular weight excluding hydrogens is 448 g/mol. The third-order valence-electron chi connectivity index (χ3n) is 5.67. The number of hydrogen-bond donors (Lipinski definition) is 1. The SMILES string of the molecule is O=C1c2ccccc2C(=O)N1c1ccc(N=Cc2cc(Cc3ccccc3)ccc2O)c(Cl)c1. The van der Waals surface area contributed by atoms with Crippen LogP contribution in [0.5, 0.6) is 5.75 Å². The second-order valence-electron chi connectivity index (χ2n) is 7.94. The molecule has 5 rings (SSSR count). The average molecular weight is 467 g/mol. The van der Waals surface area contributed by atoms with Gasteiger partial charge in [0, 0.05) is 11.8 Å². The van der Waals surface area contributed by atoms with Crippen LogP contribution in [0.3, 0.4) is 0 Å². The van der Waals surface area contributed by atoms with Gasteiger partial charge in [0.1, 0.15) is 5.75 Å². The zero-order valence-corrected chi connectivity index (χ0v) is 18.7. The number of hydrogen-bond acceptors (Lipinski definition) is 4. The first kappa shape index (κ1) is 21.6. The number of aromatic hydroxyl groups is 1. The maximum Gasteiger partial charge on any atom is 0.266 e. The fourth-order valence-corrected chi connectivity index (χ4v) is 4.17. The minimum Gasteiger partial charge on any atom is -0.507 e. The summed E-state index contributed by atoms with van der Waals surface area (Å²) in [5, 5.41) is 10.6. The Morgan fingerprint density at radius 2 is 1.47 bits per heavy atom. The molecule has 0 radical (unpaired) electrons. The molecule has 0 spiro atoms. The number of phenols is 1. The monoisotopic (exact) mass is 466 g/mol. The summed E-state index contributed by atoms with van der Waals surface area (Å²) in [6.45, 7) is 0. The third kappa shape index (κ3) is 4.09. The van der Waals surface area contributed by atoms with Gasteiger partial charge in [0.2, 0.25) is 0 Å². The Hall–Kier alpha value is -4.22. The van der Waals surface area contributed by atoms with Gasteiger partial charge in [-0.15, -0.1) is 0 Å². The highest BCUT2D eigenvalue weighted by Crippen LogP contribution is 2.34. The molecule has 0 saturated heterocycles. The van der Waals surface area contributed by atoms with Crippen molar-refractivity contribution in [3.63, 3.8) is 0 Å². The van der Waals surface area contributed by atoms with Crippen molar-refractivity contribution < 1.29 is 14.7 Å². The number of imide groups is 1. The fourth-order valence-electron chi connectivity index (χ4n) is 3.95. The highest BCUT2D eigenvalue weighted by atomic mass is 35.5. The number of rotatable bonds is 5. The first-order valence-corrected chi connectivity index (χ1v) is 11.1. The van der Waals surface area contributed by atoms with Gasteiger partial charge >= 0.3 is 0 Å². The van der Waals surface area contributed by atoms with E-state index in [1.807, 2.05) is 30.3 Å². The molecule has 0 fully saturated rings. The lowest BCUT2D eigenvalue weighted by Crippen LogP contribution is -2.29. The van der Waals surface area contributed by atoms with E-state index < -0.39 is 0 Å². The molecule has 2 amide bonds. The van der Waals surface area contributed by atoms with E-state index in [1.54, 1.807) is 54.7 Å². The van der Waals surface area contributed by atoms with Crippen LogP contribution in [0.2, 0.25) is 5.02 Å². The van der Waals surface area contributed by atoms with Crippen LogP contribution < -0.4 is 4.90 Å². The van der Waals surface area contributed by atoms with Crippen molar-refractivity contribution in [1.29, 1.82) is 0 Å². The van der Waals surface area contributed by atoms with Gasteiger partial charge < -0.3 is 5.11 Å². The van der Waals surface area contributed by atoms with Gasteiger partial charge in [-0.3, -0.25) is 14.6 Å². The van der Waals surface area contributed by atoms with Crippen LogP contribution in [-0.4, -0.2) is 23.1 Å². The molecule has 0 saturated carbocycles. The van der Waals surface area contributed by atoms with Crippen LogP contribution >= 0.6 is 11.6 Å². The second kappa shape index (κ2) is 8.96. The first-order chi connectivity index (χ1) is 16.5. The number of nitrogens with zero attached hydrogens (tertiary/aromatic N) is 2. The lowest BCUT2D eigenvalue weighted by Gasteiger charge is -2.14. The summed E-state index contributed by atoms with van der Waals surface area (Å²) < 4.78 is 0. The van der Waals surface area contributed by atoms with E-state index in [2.05, 4.69) is 17.1 Å². The molecule has 0 aromatic heterocycles. The van der Waals surface area contributed by atoms with Crippen LogP contribution in [0.15, 0.2) is 96.0 Å².